The number of likely N-dealkylation sites (tertiary alicyclic amines) is 1. The van der Waals surface area contributed by atoms with E-state index in [1.807, 2.05) is 19.9 Å². The van der Waals surface area contributed by atoms with E-state index in [9.17, 15) is 4.79 Å². The molecule has 4 heterocycles. The number of amides is 1. The molecule has 0 radical (unpaired) electrons. The predicted molar refractivity (Wildman–Crippen MR) is 125 cm³/mol. The molecule has 0 atom stereocenters. The summed E-state index contributed by atoms with van der Waals surface area (Å²) in [6, 6.07) is 10.7. The summed E-state index contributed by atoms with van der Waals surface area (Å²) in [7, 11) is 0. The van der Waals surface area contributed by atoms with Crippen LogP contribution in [0, 0.1) is 13.8 Å². The summed E-state index contributed by atoms with van der Waals surface area (Å²) in [4.78, 5) is 27.3. The number of carbonyl (C=O) groups is 1. The van der Waals surface area contributed by atoms with Crippen LogP contribution in [0.25, 0.3) is 11.1 Å². The van der Waals surface area contributed by atoms with Crippen LogP contribution in [-0.4, -0.2) is 53.0 Å². The van der Waals surface area contributed by atoms with Crippen LogP contribution in [-0.2, 0) is 6.54 Å². The molecule has 2 fully saturated rings. The Balaban J connectivity index is 1.31. The van der Waals surface area contributed by atoms with Crippen molar-refractivity contribution in [1.82, 2.24) is 20.2 Å². The summed E-state index contributed by atoms with van der Waals surface area (Å²) in [5.41, 5.74) is 2.44. The molecule has 2 aliphatic rings. The van der Waals surface area contributed by atoms with Crippen LogP contribution in [0.15, 0.2) is 34.7 Å². The second-order valence-electron chi connectivity index (χ2n) is 9.01. The van der Waals surface area contributed by atoms with Gasteiger partial charge in [-0.3, -0.25) is 9.69 Å². The van der Waals surface area contributed by atoms with Crippen molar-refractivity contribution in [1.29, 1.82) is 0 Å². The second kappa shape index (κ2) is 8.90. The number of fused-ring (bicyclic) bond motifs is 1. The van der Waals surface area contributed by atoms with Crippen molar-refractivity contribution in [3.8, 4) is 0 Å². The highest BCUT2D eigenvalue weighted by Crippen LogP contribution is 2.33. The van der Waals surface area contributed by atoms with Crippen LogP contribution < -0.4 is 10.2 Å². The number of benzene rings is 1. The first-order valence-corrected chi connectivity index (χ1v) is 11.7. The van der Waals surface area contributed by atoms with E-state index in [-0.39, 0.29) is 11.9 Å². The van der Waals surface area contributed by atoms with Gasteiger partial charge < -0.3 is 14.6 Å². The Labute approximate surface area is 188 Å². The van der Waals surface area contributed by atoms with E-state index in [1.54, 1.807) is 0 Å². The molecule has 1 N–H and O–H groups in total. The fourth-order valence-corrected chi connectivity index (χ4v) is 4.96. The number of anilines is 1. The molecule has 1 aromatic carbocycles. The van der Waals surface area contributed by atoms with Gasteiger partial charge in [0.1, 0.15) is 17.4 Å². The Morgan fingerprint density at radius 1 is 1.06 bits per heavy atom. The third-order valence-electron chi connectivity index (χ3n) is 6.62. The van der Waals surface area contributed by atoms with Crippen LogP contribution >= 0.6 is 0 Å². The van der Waals surface area contributed by atoms with Crippen molar-refractivity contribution in [3.63, 3.8) is 0 Å². The van der Waals surface area contributed by atoms with Crippen LogP contribution in [0.3, 0.4) is 0 Å². The Bertz CT molecular complexity index is 1100. The third kappa shape index (κ3) is 4.21. The Hall–Kier alpha value is -2.93. The summed E-state index contributed by atoms with van der Waals surface area (Å²) >= 11 is 0. The zero-order chi connectivity index (χ0) is 22.1. The first-order valence-electron chi connectivity index (χ1n) is 11.7. The molecule has 5 rings (SSSR count). The molecule has 0 saturated carbocycles. The molecule has 32 heavy (non-hydrogen) atoms. The standard InChI is InChI=1S/C25H31N5O2/c1-17-21(22-23(30-12-6-7-13-30)26-18(2)27-25(22)32-17)24(31)28-20-10-14-29(15-11-20)16-19-8-4-3-5-9-19/h3-5,8-9,20H,6-7,10-16H2,1-2H3,(H,28,31). The van der Waals surface area contributed by atoms with Crippen LogP contribution in [0.4, 0.5) is 5.82 Å². The van der Waals surface area contributed by atoms with Crippen molar-refractivity contribution in [3.05, 3.63) is 53.0 Å². The van der Waals surface area contributed by atoms with E-state index in [1.165, 1.54) is 5.56 Å². The third-order valence-corrected chi connectivity index (χ3v) is 6.62. The lowest BCUT2D eigenvalue weighted by Gasteiger charge is -2.32. The molecular formula is C25H31N5O2. The molecule has 0 unspecified atom stereocenters. The lowest BCUT2D eigenvalue weighted by atomic mass is 10.0. The van der Waals surface area contributed by atoms with E-state index >= 15 is 0 Å². The smallest absolute Gasteiger partial charge is 0.255 e. The molecule has 0 aliphatic carbocycles. The van der Waals surface area contributed by atoms with Gasteiger partial charge in [0.15, 0.2) is 0 Å². The highest BCUT2D eigenvalue weighted by atomic mass is 16.3. The molecule has 168 valence electrons. The number of furan rings is 1. The maximum atomic E-state index is 13.4. The van der Waals surface area contributed by atoms with Crippen molar-refractivity contribution in [2.24, 2.45) is 0 Å². The Morgan fingerprint density at radius 3 is 2.50 bits per heavy atom. The minimum absolute atomic E-state index is 0.0735. The van der Waals surface area contributed by atoms with Crippen molar-refractivity contribution < 1.29 is 9.21 Å². The van der Waals surface area contributed by atoms with Crippen molar-refractivity contribution >= 4 is 22.8 Å². The average Bonchev–Trinajstić information content (AvgIpc) is 3.43. The van der Waals surface area contributed by atoms with Gasteiger partial charge in [0.25, 0.3) is 5.91 Å². The van der Waals surface area contributed by atoms with E-state index in [0.29, 0.717) is 22.9 Å². The van der Waals surface area contributed by atoms with Gasteiger partial charge in [-0.15, -0.1) is 0 Å². The first kappa shape index (κ1) is 20.9. The summed E-state index contributed by atoms with van der Waals surface area (Å²) in [5, 5.41) is 4.03. The van der Waals surface area contributed by atoms with Crippen LogP contribution in [0.5, 0.6) is 0 Å². The number of aromatic nitrogens is 2. The molecule has 0 bridgehead atoms. The zero-order valence-electron chi connectivity index (χ0n) is 18.9. The number of rotatable bonds is 5. The van der Waals surface area contributed by atoms with Gasteiger partial charge in [-0.2, -0.15) is 4.98 Å². The zero-order valence-corrected chi connectivity index (χ0v) is 18.9. The molecule has 3 aromatic rings. The lowest BCUT2D eigenvalue weighted by molar-refractivity contribution is 0.0909. The topological polar surface area (TPSA) is 74.5 Å². The first-order chi connectivity index (χ1) is 15.6. The van der Waals surface area contributed by atoms with Gasteiger partial charge >= 0.3 is 0 Å². The van der Waals surface area contributed by atoms with E-state index in [4.69, 9.17) is 9.40 Å². The Kier molecular flexibility index (Phi) is 5.83. The van der Waals surface area contributed by atoms with Crippen molar-refractivity contribution in [2.75, 3.05) is 31.1 Å². The Morgan fingerprint density at radius 2 is 1.78 bits per heavy atom. The van der Waals surface area contributed by atoms with Crippen LogP contribution in [0.2, 0.25) is 0 Å². The van der Waals surface area contributed by atoms with Gasteiger partial charge in [-0.1, -0.05) is 30.3 Å². The molecule has 7 heteroatoms. The molecule has 2 aliphatic heterocycles. The minimum Gasteiger partial charge on any atom is -0.442 e. The second-order valence-corrected chi connectivity index (χ2v) is 9.01. The summed E-state index contributed by atoms with van der Waals surface area (Å²) < 4.78 is 5.93. The number of aryl methyl sites for hydroxylation is 2. The monoisotopic (exact) mass is 433 g/mol. The largest absolute Gasteiger partial charge is 0.442 e. The van der Waals surface area contributed by atoms with Gasteiger partial charge in [-0.25, -0.2) is 4.98 Å². The fraction of sp³-hybridized carbons (Fsp3) is 0.480. The summed E-state index contributed by atoms with van der Waals surface area (Å²) in [5.74, 6) is 2.05. The number of piperidine rings is 1. The summed E-state index contributed by atoms with van der Waals surface area (Å²) in [6.07, 6.45) is 4.18. The highest BCUT2D eigenvalue weighted by Gasteiger charge is 2.29. The number of hydrogen-bond donors (Lipinski definition) is 1. The van der Waals surface area contributed by atoms with E-state index in [2.05, 4.69) is 44.4 Å². The van der Waals surface area contributed by atoms with Crippen LogP contribution in [0.1, 0.15) is 53.2 Å². The maximum Gasteiger partial charge on any atom is 0.255 e. The quantitative estimate of drug-likeness (QED) is 0.659. The minimum atomic E-state index is -0.0735. The van der Waals surface area contributed by atoms with Gasteiger partial charge in [-0.05, 0) is 45.1 Å². The average molecular weight is 434 g/mol. The number of hydrogen-bond acceptors (Lipinski definition) is 6. The molecule has 0 spiro atoms. The highest BCUT2D eigenvalue weighted by molar-refractivity contribution is 6.10. The summed E-state index contributed by atoms with van der Waals surface area (Å²) in [6.45, 7) is 8.55. The maximum absolute atomic E-state index is 13.4. The molecular weight excluding hydrogens is 402 g/mol. The van der Waals surface area contributed by atoms with E-state index < -0.39 is 0 Å². The van der Waals surface area contributed by atoms with Crippen molar-refractivity contribution in [2.45, 2.75) is 52.1 Å². The number of nitrogens with zero attached hydrogens (tertiary/aromatic N) is 4. The lowest BCUT2D eigenvalue weighted by Crippen LogP contribution is -2.44. The van der Waals surface area contributed by atoms with E-state index in [0.717, 1.165) is 69.6 Å². The molecule has 1 amide bonds. The molecule has 2 aromatic heterocycles. The molecule has 2 saturated heterocycles. The normalized spacial score (nSPS) is 17.9. The molecule has 7 nitrogen and oxygen atoms in total. The SMILES string of the molecule is Cc1nc(N2CCCC2)c2c(C(=O)NC3CCN(Cc4ccccc4)CC3)c(C)oc2n1. The number of carbonyl (C=O) groups excluding carboxylic acids is 1. The fourth-order valence-electron chi connectivity index (χ4n) is 4.96. The van der Waals surface area contributed by atoms with Gasteiger partial charge in [0, 0.05) is 38.8 Å². The predicted octanol–water partition coefficient (Wildman–Crippen LogP) is 3.83. The van der Waals surface area contributed by atoms with Gasteiger partial charge in [0.05, 0.1) is 10.9 Å². The van der Waals surface area contributed by atoms with Gasteiger partial charge in [0.2, 0.25) is 5.71 Å². The number of nitrogens with one attached hydrogen (secondary N) is 1.